The first-order valence-electron chi connectivity index (χ1n) is 34.1. The Morgan fingerprint density at radius 2 is 0.564 bits per heavy atom. The molecule has 0 fully saturated rings. The van der Waals surface area contributed by atoms with Crippen molar-refractivity contribution >= 4 is 44.2 Å². The summed E-state index contributed by atoms with van der Waals surface area (Å²) in [6.45, 7) is 0. The van der Waals surface area contributed by atoms with Gasteiger partial charge in [0.2, 0.25) is 0 Å². The molecule has 18 aromatic rings. The molecule has 4 heterocycles. The summed E-state index contributed by atoms with van der Waals surface area (Å²) in [6, 6.07) is 133. The van der Waals surface area contributed by atoms with Crippen LogP contribution in [-0.2, 0) is 0 Å². The minimum atomic E-state index is 0.681. The van der Waals surface area contributed by atoms with Gasteiger partial charge in [-0.3, -0.25) is 4.57 Å². The van der Waals surface area contributed by atoms with Gasteiger partial charge in [-0.1, -0.05) is 346 Å². The standard InChI is InChI=1S/C95H62N4S2/c1-7-31-63(32-8-1)73-47-19-21-49-77(73)90-80-52-24-26-54-82(80)93(101-90)89-76(65-35-11-3-12-36-65)56-30-58-87(89)99-62-86(98-95(99)68-41-17-6-18-42-68)72-46-28-44-70(60-72)69-43-27-45-71(59-69)74-48-20-22-50-78(74)91-79-51-23-25-53-81(79)92(100-91)88-75(64-33-9-2-10-34-64)55-29-57-83(88)85-61-84(66-37-13-4-14-38-66)96-94(97-85)67-39-15-5-16-40-67/h1-62H. The third-order valence-electron chi connectivity index (χ3n) is 19.2. The Kier molecular flexibility index (Phi) is 16.0. The summed E-state index contributed by atoms with van der Waals surface area (Å²) < 4.78 is 2.34. The Morgan fingerprint density at radius 1 is 0.208 bits per heavy atom. The van der Waals surface area contributed by atoms with Crippen LogP contribution in [0.15, 0.2) is 376 Å². The maximum absolute atomic E-state index is 5.66. The van der Waals surface area contributed by atoms with E-state index in [-0.39, 0.29) is 0 Å². The van der Waals surface area contributed by atoms with E-state index in [0.29, 0.717) is 5.82 Å². The first-order valence-corrected chi connectivity index (χ1v) is 35.8. The normalized spacial score (nSPS) is 11.4. The van der Waals surface area contributed by atoms with E-state index in [4.69, 9.17) is 15.0 Å². The molecule has 101 heavy (non-hydrogen) atoms. The van der Waals surface area contributed by atoms with Crippen LogP contribution in [0.4, 0.5) is 0 Å². The minimum Gasteiger partial charge on any atom is -0.298 e. The number of hydrogen-bond acceptors (Lipinski definition) is 5. The molecule has 0 bridgehead atoms. The zero-order valence-electron chi connectivity index (χ0n) is 54.9. The third-order valence-corrected chi connectivity index (χ3v) is 21.7. The van der Waals surface area contributed by atoms with E-state index in [9.17, 15) is 0 Å². The average Bonchev–Trinajstić information content (AvgIpc) is 1.61. The minimum absolute atomic E-state index is 0.681. The molecule has 0 aliphatic carbocycles. The molecule has 0 atom stereocenters. The second kappa shape index (κ2) is 26.6. The topological polar surface area (TPSA) is 43.6 Å². The molecule has 0 spiro atoms. The average molecular weight is 1320 g/mol. The van der Waals surface area contributed by atoms with Crippen LogP contribution in [0, 0.1) is 0 Å². The van der Waals surface area contributed by atoms with E-state index in [1.165, 1.54) is 63.3 Å². The Morgan fingerprint density at radius 3 is 1.12 bits per heavy atom. The zero-order valence-corrected chi connectivity index (χ0v) is 56.5. The molecule has 474 valence electrons. The maximum Gasteiger partial charge on any atom is 0.160 e. The molecule has 4 nitrogen and oxygen atoms in total. The van der Waals surface area contributed by atoms with Gasteiger partial charge in [-0.15, -0.1) is 22.7 Å². The lowest BCUT2D eigenvalue weighted by Crippen LogP contribution is -2.00. The van der Waals surface area contributed by atoms with Crippen molar-refractivity contribution in [3.8, 4) is 160 Å². The van der Waals surface area contributed by atoms with Crippen LogP contribution >= 0.6 is 22.7 Å². The van der Waals surface area contributed by atoms with E-state index in [2.05, 4.69) is 375 Å². The molecule has 0 unspecified atom stereocenters. The summed E-state index contributed by atoms with van der Waals surface area (Å²) in [4.78, 5) is 21.1. The van der Waals surface area contributed by atoms with Crippen LogP contribution in [0.1, 0.15) is 0 Å². The smallest absolute Gasteiger partial charge is 0.160 e. The fourth-order valence-electron chi connectivity index (χ4n) is 14.4. The van der Waals surface area contributed by atoms with Crippen LogP contribution in [0.25, 0.3) is 181 Å². The van der Waals surface area contributed by atoms with Crippen molar-refractivity contribution in [3.63, 3.8) is 0 Å². The van der Waals surface area contributed by atoms with Gasteiger partial charge in [0.1, 0.15) is 5.82 Å². The summed E-state index contributed by atoms with van der Waals surface area (Å²) in [6.07, 6.45) is 2.25. The highest BCUT2D eigenvalue weighted by Gasteiger charge is 2.27. The highest BCUT2D eigenvalue weighted by atomic mass is 32.1. The van der Waals surface area contributed by atoms with Crippen LogP contribution in [0.3, 0.4) is 0 Å². The number of nitrogens with zero attached hydrogens (tertiary/aromatic N) is 4. The lowest BCUT2D eigenvalue weighted by atomic mass is 9.90. The third kappa shape index (κ3) is 11.5. The van der Waals surface area contributed by atoms with Gasteiger partial charge in [-0.05, 0) is 79.9 Å². The first kappa shape index (κ1) is 60.7. The van der Waals surface area contributed by atoms with Crippen molar-refractivity contribution in [2.24, 2.45) is 0 Å². The number of hydrogen-bond donors (Lipinski definition) is 0. The van der Waals surface area contributed by atoms with Gasteiger partial charge < -0.3 is 0 Å². The molecule has 6 heteroatoms. The van der Waals surface area contributed by atoms with Crippen LogP contribution < -0.4 is 0 Å². The molecule has 18 rings (SSSR count). The van der Waals surface area contributed by atoms with E-state index in [0.717, 1.165) is 112 Å². The molecule has 0 saturated heterocycles. The van der Waals surface area contributed by atoms with Crippen molar-refractivity contribution in [2.75, 3.05) is 0 Å². The molecule has 0 saturated carbocycles. The summed E-state index contributed by atoms with van der Waals surface area (Å²) in [5.74, 6) is 1.54. The summed E-state index contributed by atoms with van der Waals surface area (Å²) >= 11 is 3.72. The molecule has 0 radical (unpaired) electrons. The second-order valence-electron chi connectivity index (χ2n) is 25.3. The first-order chi connectivity index (χ1) is 50.1. The Balaban J connectivity index is 0.754. The number of rotatable bonds is 15. The van der Waals surface area contributed by atoms with Crippen LogP contribution in [-0.4, -0.2) is 19.5 Å². The van der Waals surface area contributed by atoms with Crippen molar-refractivity contribution < 1.29 is 0 Å². The van der Waals surface area contributed by atoms with Gasteiger partial charge in [0.05, 0.1) is 22.8 Å². The Labute approximate surface area is 595 Å². The highest BCUT2D eigenvalue weighted by Crippen LogP contribution is 2.54. The van der Waals surface area contributed by atoms with E-state index < -0.39 is 0 Å². The van der Waals surface area contributed by atoms with Crippen LogP contribution in [0.5, 0.6) is 0 Å². The van der Waals surface area contributed by atoms with Gasteiger partial charge in [0.25, 0.3) is 0 Å². The number of thiophene rings is 2. The van der Waals surface area contributed by atoms with Gasteiger partial charge in [0.15, 0.2) is 5.82 Å². The SMILES string of the molecule is c1ccc(-c2cc(-c3cccc(-c4ccccc4)c3-c3sc(-c4ccccc4-c4cccc(-c5cccc(-c6cn(-c7cccc(-c8ccccc8)c7-c7sc(-c8ccccc8-c8ccccc8)c8ccccc78)c(-c7ccccc7)n6)c5)c4)c4ccccc34)nc(-c3ccccc3)n2)cc1. The predicted molar refractivity (Wildman–Crippen MR) is 426 cm³/mol. The molecule has 0 N–H and O–H groups in total. The molecule has 0 aliphatic heterocycles. The molecule has 0 aliphatic rings. The predicted octanol–water partition coefficient (Wildman–Crippen LogP) is 26.4. The monoisotopic (exact) mass is 1320 g/mol. The highest BCUT2D eigenvalue weighted by molar-refractivity contribution is 7.21. The second-order valence-corrected chi connectivity index (χ2v) is 27.3. The maximum atomic E-state index is 5.66. The molecule has 14 aromatic carbocycles. The summed E-state index contributed by atoms with van der Waals surface area (Å²) in [5.41, 5.74) is 24.9. The summed E-state index contributed by atoms with van der Waals surface area (Å²) in [7, 11) is 0. The van der Waals surface area contributed by atoms with Crippen molar-refractivity contribution in [1.29, 1.82) is 0 Å². The summed E-state index contributed by atoms with van der Waals surface area (Å²) in [5, 5.41) is 4.82. The van der Waals surface area contributed by atoms with Crippen molar-refractivity contribution in [2.45, 2.75) is 0 Å². The van der Waals surface area contributed by atoms with Crippen molar-refractivity contribution in [3.05, 3.63) is 376 Å². The fourth-order valence-corrected chi connectivity index (χ4v) is 17.2. The fraction of sp³-hybridized carbons (Fsp3) is 0. The Hall–Kier alpha value is -12.7. The van der Waals surface area contributed by atoms with Gasteiger partial charge in [-0.25, -0.2) is 15.0 Å². The van der Waals surface area contributed by atoms with Gasteiger partial charge >= 0.3 is 0 Å². The molecular formula is C95H62N4S2. The number of aromatic nitrogens is 4. The van der Waals surface area contributed by atoms with Gasteiger partial charge in [0, 0.05) is 97.3 Å². The van der Waals surface area contributed by atoms with Gasteiger partial charge in [-0.2, -0.15) is 0 Å². The van der Waals surface area contributed by atoms with E-state index >= 15 is 0 Å². The lowest BCUT2D eigenvalue weighted by molar-refractivity contribution is 1.07. The molecule has 0 amide bonds. The molecular weight excluding hydrogens is 1260 g/mol. The van der Waals surface area contributed by atoms with Crippen molar-refractivity contribution in [1.82, 2.24) is 19.5 Å². The number of benzene rings is 14. The largest absolute Gasteiger partial charge is 0.298 e. The van der Waals surface area contributed by atoms with Crippen LogP contribution in [0.2, 0.25) is 0 Å². The lowest BCUT2D eigenvalue weighted by Gasteiger charge is -2.17. The number of fused-ring (bicyclic) bond motifs is 2. The van der Waals surface area contributed by atoms with E-state index in [1.54, 1.807) is 0 Å². The molecule has 4 aromatic heterocycles. The van der Waals surface area contributed by atoms with E-state index in [1.807, 2.05) is 28.7 Å². The Bertz CT molecular complexity index is 6000. The quantitative estimate of drug-likeness (QED) is 0.103. The number of imidazole rings is 1. The zero-order chi connectivity index (χ0) is 67.0.